The Kier molecular flexibility index (Phi) is 4.98. The van der Waals surface area contributed by atoms with Crippen molar-refractivity contribution in [2.75, 3.05) is 0 Å². The molecule has 2 N–H and O–H groups in total. The second-order valence-corrected chi connectivity index (χ2v) is 5.05. The van der Waals surface area contributed by atoms with Gasteiger partial charge in [-0.05, 0) is 31.5 Å². The molecule has 1 atom stereocenters. The van der Waals surface area contributed by atoms with Crippen molar-refractivity contribution in [1.29, 1.82) is 0 Å². The van der Waals surface area contributed by atoms with Gasteiger partial charge in [-0.25, -0.2) is 0 Å². The Morgan fingerprint density at radius 3 is 2.95 bits per heavy atom. The predicted molar refractivity (Wildman–Crippen MR) is 76.7 cm³/mol. The maximum Gasteiger partial charge on any atom is 0.226 e. The Hall–Kier alpha value is -1.59. The van der Waals surface area contributed by atoms with Gasteiger partial charge in [-0.1, -0.05) is 23.7 Å². The number of aryl methyl sites for hydroxylation is 1. The van der Waals surface area contributed by atoms with Crippen LogP contribution in [-0.2, 0) is 13.0 Å². The minimum absolute atomic E-state index is 0.162. The molecule has 1 heterocycles. The molecule has 0 bridgehead atoms. The zero-order chi connectivity index (χ0) is 14.5. The molecule has 1 aromatic heterocycles. The lowest BCUT2D eigenvalue weighted by Crippen LogP contribution is -2.08. The van der Waals surface area contributed by atoms with Gasteiger partial charge in [0.1, 0.15) is 5.75 Å². The smallest absolute Gasteiger partial charge is 0.226 e. The molecule has 0 saturated heterocycles. The molecule has 2 rings (SSSR count). The average molecular weight is 296 g/mol. The minimum atomic E-state index is -0.162. The van der Waals surface area contributed by atoms with Crippen LogP contribution in [0, 0.1) is 0 Å². The molecule has 0 spiro atoms. The number of hydrogen-bond acceptors (Lipinski definition) is 5. The molecule has 5 nitrogen and oxygen atoms in total. The summed E-state index contributed by atoms with van der Waals surface area (Å²) in [6, 6.07) is 5.21. The Labute approximate surface area is 123 Å². The summed E-state index contributed by atoms with van der Waals surface area (Å²) >= 11 is 5.97. The average Bonchev–Trinajstić information content (AvgIpc) is 2.85. The van der Waals surface area contributed by atoms with E-state index in [0.29, 0.717) is 22.5 Å². The molecule has 108 valence electrons. The highest BCUT2D eigenvalue weighted by atomic mass is 35.5. The van der Waals surface area contributed by atoms with E-state index in [1.807, 2.05) is 6.92 Å². The first-order valence-electron chi connectivity index (χ1n) is 6.59. The summed E-state index contributed by atoms with van der Waals surface area (Å²) in [6.07, 6.45) is 1.74. The van der Waals surface area contributed by atoms with Crippen LogP contribution in [-0.4, -0.2) is 10.1 Å². The highest BCUT2D eigenvalue weighted by molar-refractivity contribution is 6.30. The van der Waals surface area contributed by atoms with E-state index < -0.39 is 0 Å². The number of rotatable bonds is 6. The molecule has 2 aromatic rings. The lowest BCUT2D eigenvalue weighted by Gasteiger charge is -2.13. The predicted octanol–water partition coefficient (Wildman–Crippen LogP) is 3.27. The normalized spacial score (nSPS) is 12.4. The van der Waals surface area contributed by atoms with Crippen LogP contribution < -0.4 is 10.5 Å². The highest BCUT2D eigenvalue weighted by Gasteiger charge is 2.11. The summed E-state index contributed by atoms with van der Waals surface area (Å²) in [5.74, 6) is 1.85. The largest absolute Gasteiger partial charge is 0.485 e. The summed E-state index contributed by atoms with van der Waals surface area (Å²) < 4.78 is 10.8. The minimum Gasteiger partial charge on any atom is -0.485 e. The van der Waals surface area contributed by atoms with E-state index in [1.54, 1.807) is 18.2 Å². The second kappa shape index (κ2) is 6.72. The van der Waals surface area contributed by atoms with Crippen LogP contribution >= 0.6 is 11.6 Å². The first-order valence-corrected chi connectivity index (χ1v) is 6.97. The number of ether oxygens (including phenoxy) is 1. The molecule has 0 aliphatic carbocycles. The van der Waals surface area contributed by atoms with E-state index in [1.165, 1.54) is 0 Å². The molecule has 0 fully saturated rings. The lowest BCUT2D eigenvalue weighted by molar-refractivity contribution is 0.281. The van der Waals surface area contributed by atoms with Crippen molar-refractivity contribution in [2.24, 2.45) is 5.73 Å². The Morgan fingerprint density at radius 2 is 2.25 bits per heavy atom. The van der Waals surface area contributed by atoms with Gasteiger partial charge in [0.05, 0.1) is 0 Å². The van der Waals surface area contributed by atoms with Gasteiger partial charge >= 0.3 is 0 Å². The monoisotopic (exact) mass is 295 g/mol. The first kappa shape index (κ1) is 14.8. The molecule has 0 saturated carbocycles. The van der Waals surface area contributed by atoms with Crippen molar-refractivity contribution >= 4 is 11.6 Å². The van der Waals surface area contributed by atoms with Gasteiger partial charge in [-0.15, -0.1) is 0 Å². The molecule has 6 heteroatoms. The maximum absolute atomic E-state index is 5.97. The summed E-state index contributed by atoms with van der Waals surface area (Å²) in [4.78, 5) is 4.25. The topological polar surface area (TPSA) is 74.2 Å². The van der Waals surface area contributed by atoms with Crippen LogP contribution in [0.15, 0.2) is 22.7 Å². The van der Waals surface area contributed by atoms with Gasteiger partial charge in [-0.2, -0.15) is 4.98 Å². The Balaban J connectivity index is 2.06. The molecule has 20 heavy (non-hydrogen) atoms. The van der Waals surface area contributed by atoms with Crippen LogP contribution in [0.25, 0.3) is 0 Å². The van der Waals surface area contributed by atoms with E-state index >= 15 is 0 Å². The SMILES string of the molecule is CCCc1nc(COc2ccc(Cl)cc2[C@H](C)N)no1. The van der Waals surface area contributed by atoms with Gasteiger partial charge in [0, 0.05) is 23.0 Å². The number of hydrogen-bond donors (Lipinski definition) is 1. The van der Waals surface area contributed by atoms with Gasteiger partial charge in [-0.3, -0.25) is 0 Å². The summed E-state index contributed by atoms with van der Waals surface area (Å²) in [5, 5.41) is 4.51. The van der Waals surface area contributed by atoms with Crippen LogP contribution in [0.2, 0.25) is 5.02 Å². The molecule has 0 unspecified atom stereocenters. The summed E-state index contributed by atoms with van der Waals surface area (Å²) in [7, 11) is 0. The van der Waals surface area contributed by atoms with Crippen LogP contribution in [0.3, 0.4) is 0 Å². The number of nitrogens with two attached hydrogens (primary N) is 1. The van der Waals surface area contributed by atoms with Crippen LogP contribution in [0.5, 0.6) is 5.75 Å². The molecular weight excluding hydrogens is 278 g/mol. The van der Waals surface area contributed by atoms with Crippen molar-refractivity contribution in [3.63, 3.8) is 0 Å². The number of halogens is 1. The number of nitrogens with zero attached hydrogens (tertiary/aromatic N) is 2. The molecule has 0 aliphatic rings. The van der Waals surface area contributed by atoms with Gasteiger partial charge < -0.3 is 15.0 Å². The number of benzene rings is 1. The van der Waals surface area contributed by atoms with E-state index in [4.69, 9.17) is 26.6 Å². The van der Waals surface area contributed by atoms with Crippen molar-refractivity contribution in [3.05, 3.63) is 40.5 Å². The summed E-state index contributed by atoms with van der Waals surface area (Å²) in [5.41, 5.74) is 6.76. The fourth-order valence-corrected chi connectivity index (χ4v) is 1.99. The lowest BCUT2D eigenvalue weighted by atomic mass is 10.1. The maximum atomic E-state index is 5.97. The van der Waals surface area contributed by atoms with Crippen molar-refractivity contribution in [2.45, 2.75) is 39.3 Å². The zero-order valence-electron chi connectivity index (χ0n) is 11.6. The first-order chi connectivity index (χ1) is 9.60. The Morgan fingerprint density at radius 1 is 1.45 bits per heavy atom. The highest BCUT2D eigenvalue weighted by Crippen LogP contribution is 2.27. The third-order valence-electron chi connectivity index (χ3n) is 2.79. The van der Waals surface area contributed by atoms with E-state index in [-0.39, 0.29) is 12.6 Å². The Bertz CT molecular complexity index is 569. The van der Waals surface area contributed by atoms with E-state index in [9.17, 15) is 0 Å². The summed E-state index contributed by atoms with van der Waals surface area (Å²) in [6.45, 7) is 4.18. The van der Waals surface area contributed by atoms with E-state index in [0.717, 1.165) is 18.4 Å². The van der Waals surface area contributed by atoms with Crippen molar-refractivity contribution in [3.8, 4) is 5.75 Å². The van der Waals surface area contributed by atoms with Crippen molar-refractivity contribution in [1.82, 2.24) is 10.1 Å². The van der Waals surface area contributed by atoms with Gasteiger partial charge in [0.15, 0.2) is 6.61 Å². The molecule has 1 aromatic carbocycles. The third-order valence-corrected chi connectivity index (χ3v) is 3.03. The molecule has 0 amide bonds. The van der Waals surface area contributed by atoms with E-state index in [2.05, 4.69) is 17.1 Å². The number of aromatic nitrogens is 2. The molecule has 0 aliphatic heterocycles. The fourth-order valence-electron chi connectivity index (χ4n) is 1.81. The van der Waals surface area contributed by atoms with Crippen LogP contribution in [0.4, 0.5) is 0 Å². The third kappa shape index (κ3) is 3.71. The quantitative estimate of drug-likeness (QED) is 0.885. The zero-order valence-corrected chi connectivity index (χ0v) is 12.4. The van der Waals surface area contributed by atoms with Crippen LogP contribution in [0.1, 0.15) is 43.6 Å². The second-order valence-electron chi connectivity index (χ2n) is 4.61. The molecule has 0 radical (unpaired) electrons. The fraction of sp³-hybridized carbons (Fsp3) is 0.429. The van der Waals surface area contributed by atoms with Gasteiger partial charge in [0.2, 0.25) is 11.7 Å². The van der Waals surface area contributed by atoms with Crippen molar-refractivity contribution < 1.29 is 9.26 Å². The van der Waals surface area contributed by atoms with Gasteiger partial charge in [0.25, 0.3) is 0 Å². The standard InChI is InChI=1S/C14H18ClN3O2/c1-3-4-14-17-13(18-20-14)8-19-12-6-5-10(15)7-11(12)9(2)16/h5-7,9H,3-4,8,16H2,1-2H3/t9-/m0/s1. The molecular formula is C14H18ClN3O2.